The molecule has 152 valence electrons. The fourth-order valence-corrected chi connectivity index (χ4v) is 3.32. The molecule has 2 aromatic rings. The predicted octanol–water partition coefficient (Wildman–Crippen LogP) is 2.16. The smallest absolute Gasteiger partial charge is 0.328 e. The van der Waals surface area contributed by atoms with Gasteiger partial charge in [-0.3, -0.25) is 19.9 Å². The van der Waals surface area contributed by atoms with Crippen molar-refractivity contribution < 1.29 is 19.5 Å². The molecule has 0 aromatic heterocycles. The molecule has 2 aromatic carbocycles. The summed E-state index contributed by atoms with van der Waals surface area (Å²) in [4.78, 5) is 39.4. The van der Waals surface area contributed by atoms with E-state index in [-0.39, 0.29) is 24.8 Å². The van der Waals surface area contributed by atoms with Crippen LogP contribution in [0.5, 0.6) is 0 Å². The number of nitrogens with two attached hydrogens (primary N) is 1. The number of urea groups is 1. The molecule has 1 heterocycles. The number of nitrogens with zero attached hydrogens (tertiary/aromatic N) is 2. The van der Waals surface area contributed by atoms with Crippen LogP contribution in [0.25, 0.3) is 0 Å². The summed E-state index contributed by atoms with van der Waals surface area (Å²) in [5, 5.41) is 16.6. The number of amidine groups is 1. The van der Waals surface area contributed by atoms with Crippen molar-refractivity contribution in [2.45, 2.75) is 19.0 Å². The largest absolute Gasteiger partial charge is 0.480 e. The van der Waals surface area contributed by atoms with Crippen LogP contribution in [-0.2, 0) is 21.7 Å². The maximum atomic E-state index is 13.1. The highest BCUT2D eigenvalue weighted by Gasteiger charge is 2.55. The van der Waals surface area contributed by atoms with Crippen LogP contribution < -0.4 is 5.73 Å². The zero-order valence-corrected chi connectivity index (χ0v) is 16.5. The Kier molecular flexibility index (Phi) is 6.28. The van der Waals surface area contributed by atoms with Crippen molar-refractivity contribution in [3.05, 3.63) is 71.3 Å². The van der Waals surface area contributed by atoms with Gasteiger partial charge in [-0.25, -0.2) is 4.79 Å². The van der Waals surface area contributed by atoms with Crippen LogP contribution in [0.1, 0.15) is 23.6 Å². The van der Waals surface area contributed by atoms with Gasteiger partial charge in [0.15, 0.2) is 0 Å². The lowest BCUT2D eigenvalue weighted by Gasteiger charge is -2.32. The van der Waals surface area contributed by atoms with Gasteiger partial charge in [0.05, 0.1) is 0 Å². The predicted molar refractivity (Wildman–Crippen MR) is 109 cm³/mol. The van der Waals surface area contributed by atoms with E-state index in [4.69, 9.17) is 16.2 Å². The standard InChI is InChI=1S/C20H20N4O4.ClH/c1-20(15-9-7-14(8-10-15)17(21)22)18(27)23(12-16(25)26)19(28)24(20)11-13-5-3-2-4-6-13;/h2-10H,11-12H2,1H3,(H3,21,22)(H,25,26);1H/t20-;/m0./s1. The van der Waals surface area contributed by atoms with E-state index in [0.29, 0.717) is 11.1 Å². The van der Waals surface area contributed by atoms with Gasteiger partial charge in [0.25, 0.3) is 5.91 Å². The molecule has 0 aliphatic carbocycles. The summed E-state index contributed by atoms with van der Waals surface area (Å²) in [6, 6.07) is 15.0. The molecule has 1 atom stereocenters. The van der Waals surface area contributed by atoms with Crippen molar-refractivity contribution >= 4 is 36.2 Å². The van der Waals surface area contributed by atoms with Crippen LogP contribution in [0.3, 0.4) is 0 Å². The highest BCUT2D eigenvalue weighted by Crippen LogP contribution is 2.38. The average Bonchev–Trinajstić information content (AvgIpc) is 2.85. The third-order valence-corrected chi connectivity index (χ3v) is 4.90. The van der Waals surface area contributed by atoms with Gasteiger partial charge in [-0.2, -0.15) is 0 Å². The van der Waals surface area contributed by atoms with E-state index >= 15 is 0 Å². The average molecular weight is 417 g/mol. The van der Waals surface area contributed by atoms with Gasteiger partial charge in [-0.1, -0.05) is 54.6 Å². The number of hydrogen-bond acceptors (Lipinski definition) is 4. The lowest BCUT2D eigenvalue weighted by molar-refractivity contribution is -0.143. The Labute approximate surface area is 173 Å². The van der Waals surface area contributed by atoms with E-state index in [2.05, 4.69) is 0 Å². The minimum Gasteiger partial charge on any atom is -0.480 e. The topological polar surface area (TPSA) is 128 Å². The van der Waals surface area contributed by atoms with Crippen LogP contribution in [0.4, 0.5) is 4.79 Å². The fraction of sp³-hybridized carbons (Fsp3) is 0.200. The number of nitrogens with one attached hydrogen (secondary N) is 1. The maximum absolute atomic E-state index is 13.1. The summed E-state index contributed by atoms with van der Waals surface area (Å²) in [7, 11) is 0. The lowest BCUT2D eigenvalue weighted by atomic mass is 9.89. The zero-order valence-electron chi connectivity index (χ0n) is 15.7. The number of carboxylic acid groups (broad SMARTS) is 1. The Balaban J connectivity index is 0.00000300. The monoisotopic (exact) mass is 416 g/mol. The van der Waals surface area contributed by atoms with Gasteiger partial charge >= 0.3 is 12.0 Å². The Morgan fingerprint density at radius 2 is 1.69 bits per heavy atom. The van der Waals surface area contributed by atoms with Gasteiger partial charge in [-0.15, -0.1) is 12.4 Å². The first-order chi connectivity index (χ1) is 13.2. The second-order valence-electron chi connectivity index (χ2n) is 6.70. The molecular weight excluding hydrogens is 396 g/mol. The van der Waals surface area contributed by atoms with Crippen LogP contribution >= 0.6 is 12.4 Å². The van der Waals surface area contributed by atoms with Gasteiger partial charge in [0.1, 0.15) is 17.9 Å². The maximum Gasteiger partial charge on any atom is 0.328 e. The molecule has 1 aliphatic rings. The molecule has 0 saturated carbocycles. The Morgan fingerprint density at radius 3 is 2.21 bits per heavy atom. The molecule has 0 unspecified atom stereocenters. The molecule has 1 aliphatic heterocycles. The molecule has 8 nitrogen and oxygen atoms in total. The summed E-state index contributed by atoms with van der Waals surface area (Å²) in [6.07, 6.45) is 0. The third kappa shape index (κ3) is 3.93. The normalized spacial score (nSPS) is 18.5. The molecule has 4 N–H and O–H groups in total. The first kappa shape index (κ1) is 21.9. The minimum atomic E-state index is -1.38. The number of halogens is 1. The summed E-state index contributed by atoms with van der Waals surface area (Å²) >= 11 is 0. The van der Waals surface area contributed by atoms with Gasteiger partial charge in [-0.05, 0) is 18.1 Å². The quantitative estimate of drug-likeness (QED) is 0.377. The number of benzene rings is 2. The summed E-state index contributed by atoms with van der Waals surface area (Å²) in [5.41, 5.74) is 5.92. The molecule has 29 heavy (non-hydrogen) atoms. The molecule has 1 fully saturated rings. The molecular formula is C20H21ClN4O4. The van der Waals surface area contributed by atoms with Gasteiger partial charge in [0, 0.05) is 12.1 Å². The van der Waals surface area contributed by atoms with Gasteiger partial charge < -0.3 is 15.7 Å². The number of rotatable bonds is 6. The number of carbonyl (C=O) groups excluding carboxylic acids is 2. The Bertz CT molecular complexity index is 949. The second-order valence-corrected chi connectivity index (χ2v) is 6.70. The fourth-order valence-electron chi connectivity index (χ4n) is 3.32. The molecule has 1 saturated heterocycles. The summed E-state index contributed by atoms with van der Waals surface area (Å²) in [5.74, 6) is -1.98. The Hall–Kier alpha value is -3.39. The summed E-state index contributed by atoms with van der Waals surface area (Å²) in [6.45, 7) is 1.04. The van der Waals surface area contributed by atoms with Crippen LogP contribution in [-0.4, -0.2) is 45.2 Å². The molecule has 0 spiro atoms. The highest BCUT2D eigenvalue weighted by atomic mass is 35.5. The first-order valence-electron chi connectivity index (χ1n) is 8.59. The van der Waals surface area contributed by atoms with Crippen LogP contribution in [0.15, 0.2) is 54.6 Å². The highest BCUT2D eigenvalue weighted by molar-refractivity contribution is 6.08. The summed E-state index contributed by atoms with van der Waals surface area (Å²) < 4.78 is 0. The van der Waals surface area contributed by atoms with E-state index in [0.717, 1.165) is 10.5 Å². The van der Waals surface area contributed by atoms with Crippen molar-refractivity contribution in [2.24, 2.45) is 5.73 Å². The van der Waals surface area contributed by atoms with Crippen LogP contribution in [0.2, 0.25) is 0 Å². The van der Waals surface area contributed by atoms with Crippen molar-refractivity contribution in [1.82, 2.24) is 9.80 Å². The van der Waals surface area contributed by atoms with E-state index in [9.17, 15) is 14.4 Å². The zero-order chi connectivity index (χ0) is 20.5. The van der Waals surface area contributed by atoms with Crippen molar-refractivity contribution in [2.75, 3.05) is 6.54 Å². The third-order valence-electron chi connectivity index (χ3n) is 4.90. The molecule has 9 heteroatoms. The van der Waals surface area contributed by atoms with Crippen LogP contribution in [0, 0.1) is 5.41 Å². The van der Waals surface area contributed by atoms with Crippen molar-refractivity contribution in [1.29, 1.82) is 5.41 Å². The molecule has 3 amide bonds. The number of aliphatic carboxylic acids is 1. The number of carboxylic acids is 1. The molecule has 0 radical (unpaired) electrons. The minimum absolute atomic E-state index is 0. The number of amides is 3. The second kappa shape index (κ2) is 8.32. The number of nitrogen functional groups attached to an aromatic ring is 1. The van der Waals surface area contributed by atoms with Gasteiger partial charge in [0.2, 0.25) is 0 Å². The SMILES string of the molecule is C[C@]1(c2ccc(C(=N)N)cc2)C(=O)N(CC(=O)O)C(=O)N1Cc1ccccc1.Cl. The van der Waals surface area contributed by atoms with E-state index in [1.54, 1.807) is 31.2 Å². The lowest BCUT2D eigenvalue weighted by Crippen LogP contribution is -2.44. The van der Waals surface area contributed by atoms with E-state index in [1.165, 1.54) is 4.90 Å². The number of carbonyl (C=O) groups is 3. The number of imide groups is 1. The van der Waals surface area contributed by atoms with Crippen molar-refractivity contribution in [3.63, 3.8) is 0 Å². The van der Waals surface area contributed by atoms with Crippen molar-refractivity contribution in [3.8, 4) is 0 Å². The molecule has 3 rings (SSSR count). The first-order valence-corrected chi connectivity index (χ1v) is 8.59. The number of hydrogen-bond donors (Lipinski definition) is 3. The van der Waals surface area contributed by atoms with E-state index in [1.807, 2.05) is 30.3 Å². The Morgan fingerprint density at radius 1 is 1.10 bits per heavy atom. The molecule has 0 bridgehead atoms. The van der Waals surface area contributed by atoms with E-state index < -0.39 is 30.0 Å².